The summed E-state index contributed by atoms with van der Waals surface area (Å²) >= 11 is 0. The number of aryl methyl sites for hydroxylation is 1. The third kappa shape index (κ3) is 2.13. The van der Waals surface area contributed by atoms with Crippen LogP contribution < -0.4 is 11.1 Å². The van der Waals surface area contributed by atoms with Gasteiger partial charge in [-0.3, -0.25) is 0 Å². The molecule has 1 aromatic heterocycles. The summed E-state index contributed by atoms with van der Waals surface area (Å²) in [6, 6.07) is 2.51. The highest BCUT2D eigenvalue weighted by Crippen LogP contribution is 2.21. The molecular formula is C10H16N4. The minimum absolute atomic E-state index is 0.352. The largest absolute Gasteiger partial charge is 0.368 e. The van der Waals surface area contributed by atoms with Gasteiger partial charge >= 0.3 is 0 Å². The standard InChI is InChI=1S/C10H16N4/c1-7-6-9(14-10(11)12-7)13-8-4-2-3-5-8/h6,8H,2-5H2,1H3,(H3,11,12,13,14). The van der Waals surface area contributed by atoms with Crippen LogP contribution in [-0.2, 0) is 0 Å². The van der Waals surface area contributed by atoms with Gasteiger partial charge in [-0.15, -0.1) is 0 Å². The van der Waals surface area contributed by atoms with Gasteiger partial charge in [-0.2, -0.15) is 4.98 Å². The van der Waals surface area contributed by atoms with Gasteiger partial charge in [0.1, 0.15) is 5.82 Å². The van der Waals surface area contributed by atoms with Gasteiger partial charge < -0.3 is 11.1 Å². The molecule has 0 unspecified atom stereocenters. The second-order valence-electron chi connectivity index (χ2n) is 3.88. The van der Waals surface area contributed by atoms with Gasteiger partial charge in [-0.25, -0.2) is 4.98 Å². The van der Waals surface area contributed by atoms with E-state index in [9.17, 15) is 0 Å². The Balaban J connectivity index is 2.07. The third-order valence-electron chi connectivity index (χ3n) is 2.58. The topological polar surface area (TPSA) is 63.8 Å². The Morgan fingerprint density at radius 1 is 1.36 bits per heavy atom. The molecule has 3 N–H and O–H groups in total. The highest BCUT2D eigenvalue weighted by atomic mass is 15.1. The summed E-state index contributed by atoms with van der Waals surface area (Å²) in [6.45, 7) is 1.93. The fraction of sp³-hybridized carbons (Fsp3) is 0.600. The average molecular weight is 192 g/mol. The Kier molecular flexibility index (Phi) is 2.52. The zero-order chi connectivity index (χ0) is 9.97. The SMILES string of the molecule is Cc1cc(NC2CCCC2)nc(N)n1. The molecule has 0 amide bonds. The van der Waals surface area contributed by atoms with E-state index in [-0.39, 0.29) is 0 Å². The van der Waals surface area contributed by atoms with E-state index in [1.165, 1.54) is 25.7 Å². The number of rotatable bonds is 2. The molecule has 0 saturated heterocycles. The van der Waals surface area contributed by atoms with Gasteiger partial charge in [0.05, 0.1) is 0 Å². The molecule has 0 aromatic carbocycles. The first kappa shape index (κ1) is 9.24. The number of nitrogens with two attached hydrogens (primary N) is 1. The van der Waals surface area contributed by atoms with Gasteiger partial charge in [-0.1, -0.05) is 12.8 Å². The Bertz CT molecular complexity index is 298. The molecule has 76 valence electrons. The molecule has 14 heavy (non-hydrogen) atoms. The lowest BCUT2D eigenvalue weighted by Gasteiger charge is -2.12. The monoisotopic (exact) mass is 192 g/mol. The minimum atomic E-state index is 0.352. The molecule has 0 radical (unpaired) electrons. The Labute approximate surface area is 83.9 Å². The van der Waals surface area contributed by atoms with Crippen molar-refractivity contribution in [3.8, 4) is 0 Å². The summed E-state index contributed by atoms with van der Waals surface area (Å²) in [7, 11) is 0. The van der Waals surface area contributed by atoms with Crippen molar-refractivity contribution in [3.05, 3.63) is 11.8 Å². The summed E-state index contributed by atoms with van der Waals surface area (Å²) in [6.07, 6.45) is 5.11. The lowest BCUT2D eigenvalue weighted by Crippen LogP contribution is -2.16. The minimum Gasteiger partial charge on any atom is -0.368 e. The average Bonchev–Trinajstić information content (AvgIpc) is 2.54. The van der Waals surface area contributed by atoms with E-state index in [1.54, 1.807) is 0 Å². The van der Waals surface area contributed by atoms with Crippen LogP contribution in [0.2, 0.25) is 0 Å². The molecule has 1 fully saturated rings. The van der Waals surface area contributed by atoms with Crippen LogP contribution in [0.3, 0.4) is 0 Å². The van der Waals surface area contributed by atoms with Crippen molar-refractivity contribution in [2.24, 2.45) is 0 Å². The van der Waals surface area contributed by atoms with Gasteiger partial charge in [0, 0.05) is 17.8 Å². The number of hydrogen-bond donors (Lipinski definition) is 2. The molecule has 0 bridgehead atoms. The highest BCUT2D eigenvalue weighted by molar-refractivity contribution is 5.41. The first-order valence-corrected chi connectivity index (χ1v) is 5.12. The number of aromatic nitrogens is 2. The van der Waals surface area contributed by atoms with Crippen molar-refractivity contribution < 1.29 is 0 Å². The van der Waals surface area contributed by atoms with Gasteiger partial charge in [-0.05, 0) is 19.8 Å². The molecule has 4 heteroatoms. The molecule has 0 spiro atoms. The molecule has 2 rings (SSSR count). The van der Waals surface area contributed by atoms with Crippen LogP contribution in [0.1, 0.15) is 31.4 Å². The summed E-state index contributed by atoms with van der Waals surface area (Å²) in [5.74, 6) is 1.22. The maximum Gasteiger partial charge on any atom is 0.222 e. The van der Waals surface area contributed by atoms with Crippen LogP contribution in [0.4, 0.5) is 11.8 Å². The molecule has 1 aromatic rings. The number of nitrogens with one attached hydrogen (secondary N) is 1. The maximum atomic E-state index is 5.57. The van der Waals surface area contributed by atoms with Crippen LogP contribution in [0.15, 0.2) is 6.07 Å². The van der Waals surface area contributed by atoms with Gasteiger partial charge in [0.2, 0.25) is 5.95 Å². The molecular weight excluding hydrogens is 176 g/mol. The number of hydrogen-bond acceptors (Lipinski definition) is 4. The zero-order valence-electron chi connectivity index (χ0n) is 8.45. The van der Waals surface area contributed by atoms with Crippen LogP contribution in [0, 0.1) is 6.92 Å². The van der Waals surface area contributed by atoms with Crippen molar-refractivity contribution in [2.75, 3.05) is 11.1 Å². The summed E-state index contributed by atoms with van der Waals surface area (Å²) < 4.78 is 0. The van der Waals surface area contributed by atoms with Crippen molar-refractivity contribution in [2.45, 2.75) is 38.6 Å². The number of nitrogen functional groups attached to an aromatic ring is 1. The first-order valence-electron chi connectivity index (χ1n) is 5.12. The lowest BCUT2D eigenvalue weighted by atomic mass is 10.2. The smallest absolute Gasteiger partial charge is 0.222 e. The Hall–Kier alpha value is -1.32. The molecule has 1 aliphatic rings. The summed E-state index contributed by atoms with van der Waals surface area (Å²) in [4.78, 5) is 8.19. The molecule has 1 saturated carbocycles. The van der Waals surface area contributed by atoms with E-state index < -0.39 is 0 Å². The van der Waals surface area contributed by atoms with E-state index in [0.29, 0.717) is 12.0 Å². The van der Waals surface area contributed by atoms with E-state index in [2.05, 4.69) is 15.3 Å². The van der Waals surface area contributed by atoms with Crippen molar-refractivity contribution in [3.63, 3.8) is 0 Å². The van der Waals surface area contributed by atoms with E-state index in [4.69, 9.17) is 5.73 Å². The fourth-order valence-corrected chi connectivity index (χ4v) is 1.94. The second kappa shape index (κ2) is 3.82. The quantitative estimate of drug-likeness (QED) is 0.749. The van der Waals surface area contributed by atoms with E-state index in [1.807, 2.05) is 13.0 Å². The van der Waals surface area contributed by atoms with Crippen LogP contribution in [0.5, 0.6) is 0 Å². The second-order valence-corrected chi connectivity index (χ2v) is 3.88. The van der Waals surface area contributed by atoms with Crippen molar-refractivity contribution in [1.29, 1.82) is 0 Å². The van der Waals surface area contributed by atoms with E-state index >= 15 is 0 Å². The predicted molar refractivity (Wildman–Crippen MR) is 57.1 cm³/mol. The van der Waals surface area contributed by atoms with Crippen molar-refractivity contribution in [1.82, 2.24) is 9.97 Å². The predicted octanol–water partition coefficient (Wildman–Crippen LogP) is 1.72. The Morgan fingerprint density at radius 2 is 2.07 bits per heavy atom. The Morgan fingerprint density at radius 3 is 2.71 bits per heavy atom. The summed E-state index contributed by atoms with van der Waals surface area (Å²) in [5.41, 5.74) is 6.49. The van der Waals surface area contributed by atoms with Crippen LogP contribution in [-0.4, -0.2) is 16.0 Å². The lowest BCUT2D eigenvalue weighted by molar-refractivity contribution is 0.750. The normalized spacial score (nSPS) is 17.2. The van der Waals surface area contributed by atoms with Gasteiger partial charge in [0.15, 0.2) is 0 Å². The number of nitrogens with zero attached hydrogens (tertiary/aromatic N) is 2. The number of anilines is 2. The maximum absolute atomic E-state index is 5.57. The molecule has 1 heterocycles. The van der Waals surface area contributed by atoms with Crippen molar-refractivity contribution >= 4 is 11.8 Å². The molecule has 1 aliphatic carbocycles. The van der Waals surface area contributed by atoms with Gasteiger partial charge in [0.25, 0.3) is 0 Å². The first-order chi connectivity index (χ1) is 6.74. The molecule has 4 nitrogen and oxygen atoms in total. The van der Waals surface area contributed by atoms with E-state index in [0.717, 1.165) is 11.5 Å². The summed E-state index contributed by atoms with van der Waals surface area (Å²) in [5, 5.41) is 3.39. The fourth-order valence-electron chi connectivity index (χ4n) is 1.94. The molecule has 0 atom stereocenters. The highest BCUT2D eigenvalue weighted by Gasteiger charge is 2.15. The zero-order valence-corrected chi connectivity index (χ0v) is 8.45. The van der Waals surface area contributed by atoms with Crippen LogP contribution >= 0.6 is 0 Å². The molecule has 0 aliphatic heterocycles. The van der Waals surface area contributed by atoms with Crippen LogP contribution in [0.25, 0.3) is 0 Å². The third-order valence-corrected chi connectivity index (χ3v) is 2.58.